The van der Waals surface area contributed by atoms with Crippen LogP contribution >= 0.6 is 23.5 Å². The Hall–Kier alpha value is -3.31. The van der Waals surface area contributed by atoms with Crippen LogP contribution in [0.3, 0.4) is 0 Å². The number of carbonyl (C=O) groups excluding carboxylic acids is 2. The van der Waals surface area contributed by atoms with Gasteiger partial charge in [0, 0.05) is 17.5 Å². The Morgan fingerprint density at radius 2 is 1.79 bits per heavy atom. The Morgan fingerprint density at radius 3 is 2.42 bits per heavy atom. The Bertz CT molecular complexity index is 1200. The molecular weight excluding hydrogens is 464 g/mol. The lowest BCUT2D eigenvalue weighted by Gasteiger charge is -2.41. The maximum atomic E-state index is 12.7. The molecule has 2 heterocycles. The number of thioether (sulfide) groups is 2. The Labute approximate surface area is 198 Å². The number of carbonyl (C=O) groups is 2. The molecule has 4 rings (SSSR count). The smallest absolute Gasteiger partial charge is 0.365 e. The van der Waals surface area contributed by atoms with Crippen molar-refractivity contribution in [2.45, 2.75) is 25.1 Å². The quantitative estimate of drug-likeness (QED) is 0.327. The van der Waals surface area contributed by atoms with Gasteiger partial charge in [-0.25, -0.2) is 9.80 Å². The van der Waals surface area contributed by atoms with Crippen LogP contribution in [0, 0.1) is 10.1 Å². The van der Waals surface area contributed by atoms with Crippen molar-refractivity contribution in [3.63, 3.8) is 0 Å². The number of ether oxygens (including phenoxy) is 1. The second-order valence-corrected chi connectivity index (χ2v) is 9.68. The van der Waals surface area contributed by atoms with Gasteiger partial charge in [-0.2, -0.15) is 5.10 Å². The van der Waals surface area contributed by atoms with Crippen LogP contribution in [-0.4, -0.2) is 32.7 Å². The molecule has 0 saturated carbocycles. The number of anilines is 2. The fourth-order valence-electron chi connectivity index (χ4n) is 3.65. The van der Waals surface area contributed by atoms with E-state index in [4.69, 9.17) is 4.74 Å². The lowest BCUT2D eigenvalue weighted by molar-refractivity contribution is -0.384. The third kappa shape index (κ3) is 3.87. The van der Waals surface area contributed by atoms with Crippen LogP contribution in [0.2, 0.25) is 0 Å². The van der Waals surface area contributed by atoms with Gasteiger partial charge in [0.25, 0.3) is 5.69 Å². The molecule has 9 nitrogen and oxygen atoms in total. The van der Waals surface area contributed by atoms with E-state index in [1.807, 2.05) is 42.2 Å². The minimum absolute atomic E-state index is 0.0426. The molecular formula is C22H20N4O5S2. The minimum Gasteiger partial charge on any atom is -0.461 e. The fourth-order valence-corrected chi connectivity index (χ4v) is 6.59. The van der Waals surface area contributed by atoms with Gasteiger partial charge in [-0.15, -0.1) is 0 Å². The maximum absolute atomic E-state index is 12.7. The van der Waals surface area contributed by atoms with E-state index in [2.05, 4.69) is 5.10 Å². The van der Waals surface area contributed by atoms with Crippen molar-refractivity contribution in [3.8, 4) is 0 Å². The summed E-state index contributed by atoms with van der Waals surface area (Å²) in [5, 5.41) is 17.8. The number of rotatable bonds is 6. The van der Waals surface area contributed by atoms with E-state index >= 15 is 0 Å². The third-order valence-electron chi connectivity index (χ3n) is 4.96. The number of Topliss-reactive ketones (excluding diaryl/α,β-unsaturated/α-hetero) is 1. The van der Waals surface area contributed by atoms with E-state index in [0.29, 0.717) is 10.6 Å². The highest BCUT2D eigenvalue weighted by molar-refractivity contribution is 8.29. The largest absolute Gasteiger partial charge is 0.461 e. The minimum atomic E-state index is -1.22. The normalized spacial score (nSPS) is 19.8. The van der Waals surface area contributed by atoms with Gasteiger partial charge in [-0.3, -0.25) is 14.9 Å². The molecule has 1 atom stereocenters. The molecule has 2 aromatic carbocycles. The lowest BCUT2D eigenvalue weighted by Crippen LogP contribution is -2.49. The predicted octanol–water partition coefficient (Wildman–Crippen LogP) is 4.71. The Balaban J connectivity index is 1.95. The van der Waals surface area contributed by atoms with Crippen LogP contribution in [-0.2, 0) is 14.3 Å². The summed E-state index contributed by atoms with van der Waals surface area (Å²) in [6, 6.07) is 15.5. The van der Waals surface area contributed by atoms with Crippen LogP contribution < -0.4 is 9.91 Å². The molecule has 1 spiro atoms. The highest BCUT2D eigenvalue weighted by atomic mass is 32.2. The zero-order valence-electron chi connectivity index (χ0n) is 18.0. The van der Waals surface area contributed by atoms with E-state index in [0.717, 1.165) is 17.4 Å². The highest BCUT2D eigenvalue weighted by Gasteiger charge is 2.58. The number of nitrogens with zero attached hydrogens (tertiary/aromatic N) is 4. The van der Waals surface area contributed by atoms with Gasteiger partial charge in [-0.05, 0) is 50.7 Å². The fraction of sp³-hybridized carbons (Fsp3) is 0.227. The van der Waals surface area contributed by atoms with Gasteiger partial charge in [0.2, 0.25) is 9.37 Å². The summed E-state index contributed by atoms with van der Waals surface area (Å²) in [4.78, 5) is 38.9. The Morgan fingerprint density at radius 1 is 1.12 bits per heavy atom. The Kier molecular flexibility index (Phi) is 6.17. The molecule has 0 amide bonds. The molecule has 170 valence electrons. The number of allylic oxidation sites excluding steroid dienone is 2. The molecule has 33 heavy (non-hydrogen) atoms. The van der Waals surface area contributed by atoms with Gasteiger partial charge in [0.15, 0.2) is 5.78 Å². The van der Waals surface area contributed by atoms with E-state index in [1.54, 1.807) is 25.1 Å². The zero-order chi connectivity index (χ0) is 23.8. The molecule has 0 aliphatic carbocycles. The standard InChI is InChI=1S/C22H20N4O5S2/c1-4-31-21(28)20-23-25(17-12-8-9-13-18(17)26(29)30)22(33-20)24(16-10-6-5-7-11-16)14(2)19(32-22)15(3)27/h5-13H,4H2,1-3H3. The number of ketones is 1. The van der Waals surface area contributed by atoms with Gasteiger partial charge in [0.05, 0.1) is 16.4 Å². The summed E-state index contributed by atoms with van der Waals surface area (Å²) in [7, 11) is 0. The number of hydrogen-bond donors (Lipinski definition) is 0. The molecule has 0 saturated heterocycles. The molecule has 0 N–H and O–H groups in total. The number of nitro benzene ring substituents is 1. The molecule has 2 aromatic rings. The maximum Gasteiger partial charge on any atom is 0.365 e. The van der Waals surface area contributed by atoms with Crippen molar-refractivity contribution >= 4 is 57.4 Å². The summed E-state index contributed by atoms with van der Waals surface area (Å²) in [5.41, 5.74) is 1.43. The first-order chi connectivity index (χ1) is 15.8. The second kappa shape index (κ2) is 8.91. The molecule has 2 aliphatic heterocycles. The van der Waals surface area contributed by atoms with Crippen molar-refractivity contribution in [2.24, 2.45) is 5.10 Å². The molecule has 11 heteroatoms. The topological polar surface area (TPSA) is 105 Å². The summed E-state index contributed by atoms with van der Waals surface area (Å²) in [6.45, 7) is 5.12. The van der Waals surface area contributed by atoms with Gasteiger partial charge >= 0.3 is 5.97 Å². The van der Waals surface area contributed by atoms with Gasteiger partial charge in [0.1, 0.15) is 5.69 Å². The summed E-state index contributed by atoms with van der Waals surface area (Å²) < 4.78 is 3.95. The van der Waals surface area contributed by atoms with E-state index in [-0.39, 0.29) is 28.8 Å². The average Bonchev–Trinajstić information content (AvgIpc) is 3.32. The molecule has 1 unspecified atom stereocenters. The summed E-state index contributed by atoms with van der Waals surface area (Å²) in [6.07, 6.45) is 0. The number of hydrazone groups is 1. The highest BCUT2D eigenvalue weighted by Crippen LogP contribution is 2.60. The number of hydrogen-bond acceptors (Lipinski definition) is 10. The van der Waals surface area contributed by atoms with Crippen molar-refractivity contribution < 1.29 is 19.2 Å². The second-order valence-electron chi connectivity index (χ2n) is 7.08. The average molecular weight is 485 g/mol. The van der Waals surface area contributed by atoms with Crippen LogP contribution in [0.15, 0.2) is 70.3 Å². The van der Waals surface area contributed by atoms with E-state index < -0.39 is 15.2 Å². The number of esters is 1. The van der Waals surface area contributed by atoms with Crippen molar-refractivity contribution in [3.05, 3.63) is 75.3 Å². The first-order valence-corrected chi connectivity index (χ1v) is 11.7. The van der Waals surface area contributed by atoms with E-state index in [9.17, 15) is 19.7 Å². The monoisotopic (exact) mass is 484 g/mol. The van der Waals surface area contributed by atoms with Crippen molar-refractivity contribution in [1.82, 2.24) is 0 Å². The molecule has 0 fully saturated rings. The van der Waals surface area contributed by atoms with Gasteiger partial charge < -0.3 is 9.64 Å². The molecule has 0 aromatic heterocycles. The van der Waals surface area contributed by atoms with Crippen LogP contribution in [0.1, 0.15) is 20.8 Å². The van der Waals surface area contributed by atoms with Crippen LogP contribution in [0.25, 0.3) is 0 Å². The van der Waals surface area contributed by atoms with E-state index in [1.165, 1.54) is 29.8 Å². The summed E-state index contributed by atoms with van der Waals surface area (Å²) >= 11 is 2.30. The molecule has 0 radical (unpaired) electrons. The zero-order valence-corrected chi connectivity index (χ0v) is 19.7. The number of para-hydroxylation sites is 3. The number of benzene rings is 2. The lowest BCUT2D eigenvalue weighted by atomic mass is 10.2. The van der Waals surface area contributed by atoms with Crippen LogP contribution in [0.4, 0.5) is 17.1 Å². The molecule has 2 aliphatic rings. The summed E-state index contributed by atoms with van der Waals surface area (Å²) in [5.74, 6) is -0.784. The number of nitro groups is 1. The SMILES string of the molecule is CCOC(=O)C1=NN(c2ccccc2[N+](=O)[O-])C2(S1)SC(C(C)=O)=C(C)N2c1ccccc1. The molecule has 0 bridgehead atoms. The predicted molar refractivity (Wildman–Crippen MR) is 130 cm³/mol. The third-order valence-corrected chi connectivity index (χ3v) is 7.93. The first kappa shape index (κ1) is 22.9. The van der Waals surface area contributed by atoms with Crippen molar-refractivity contribution in [1.29, 1.82) is 0 Å². The van der Waals surface area contributed by atoms with Gasteiger partial charge in [-0.1, -0.05) is 42.1 Å². The van der Waals surface area contributed by atoms with Crippen molar-refractivity contribution in [2.75, 3.05) is 16.5 Å². The van der Waals surface area contributed by atoms with Crippen LogP contribution in [0.5, 0.6) is 0 Å². The first-order valence-electron chi connectivity index (χ1n) is 10.0.